The zero-order chi connectivity index (χ0) is 15.0. The fourth-order valence-electron chi connectivity index (χ4n) is 1.85. The number of aromatic nitrogens is 3. The van der Waals surface area contributed by atoms with Crippen LogP contribution in [-0.2, 0) is 0 Å². The minimum Gasteiger partial charge on any atom is -0.378 e. The van der Waals surface area contributed by atoms with Gasteiger partial charge in [0, 0.05) is 6.07 Å². The topological polar surface area (TPSA) is 143 Å². The van der Waals surface area contributed by atoms with Gasteiger partial charge in [-0.3, -0.25) is 20.2 Å². The monoisotopic (exact) mass is 278 g/mol. The molecule has 2 aromatic heterocycles. The molecule has 2 aromatic rings. The van der Waals surface area contributed by atoms with E-state index >= 15 is 0 Å². The molecule has 10 heteroatoms. The third-order valence-corrected chi connectivity index (χ3v) is 2.74. The number of nitrogens with zero attached hydrogens (tertiary/aromatic N) is 5. The van der Waals surface area contributed by atoms with Crippen molar-refractivity contribution >= 4 is 17.2 Å². The number of hydrogen-bond donors (Lipinski definition) is 1. The zero-order valence-electron chi connectivity index (χ0n) is 10.6. The van der Waals surface area contributed by atoms with E-state index in [4.69, 9.17) is 5.73 Å². The lowest BCUT2D eigenvalue weighted by Crippen LogP contribution is -2.06. The van der Waals surface area contributed by atoms with Crippen LogP contribution in [0, 0.1) is 34.1 Å². The molecule has 0 radical (unpaired) electrons. The van der Waals surface area contributed by atoms with E-state index in [2.05, 4.69) is 10.1 Å². The minimum atomic E-state index is -0.657. The molecule has 0 spiro atoms. The molecule has 104 valence electrons. The van der Waals surface area contributed by atoms with E-state index in [0.29, 0.717) is 0 Å². The molecule has 0 aliphatic heterocycles. The van der Waals surface area contributed by atoms with Gasteiger partial charge in [0.05, 0.1) is 9.85 Å². The first-order valence-electron chi connectivity index (χ1n) is 5.44. The van der Waals surface area contributed by atoms with E-state index in [0.717, 1.165) is 0 Å². The number of rotatable bonds is 3. The van der Waals surface area contributed by atoms with E-state index in [1.54, 1.807) is 0 Å². The Bertz CT molecular complexity index is 723. The average molecular weight is 278 g/mol. The summed E-state index contributed by atoms with van der Waals surface area (Å²) in [7, 11) is 0. The van der Waals surface area contributed by atoms with Crippen LogP contribution in [0.4, 0.5) is 17.2 Å². The lowest BCUT2D eigenvalue weighted by atomic mass is 10.3. The number of nitrogen functional groups attached to an aromatic ring is 1. The molecule has 0 bridgehead atoms. The summed E-state index contributed by atoms with van der Waals surface area (Å²) in [5, 5.41) is 25.6. The van der Waals surface area contributed by atoms with Crippen molar-refractivity contribution in [2.75, 3.05) is 5.73 Å². The molecule has 0 amide bonds. The fourth-order valence-corrected chi connectivity index (χ4v) is 1.85. The third kappa shape index (κ3) is 2.02. The van der Waals surface area contributed by atoms with Crippen LogP contribution in [0.3, 0.4) is 0 Å². The first-order chi connectivity index (χ1) is 9.32. The first-order valence-corrected chi connectivity index (χ1v) is 5.44. The first kappa shape index (κ1) is 13.4. The molecule has 0 saturated carbocycles. The standard InChI is InChI=1S/C10H10N6O4/c1-5-9(16(19)20)6(2)14(13-5)8-4-3-7(15(17)18)10(11)12-8/h3-4H,1-2H3,(H2,11,12). The van der Waals surface area contributed by atoms with Crippen molar-refractivity contribution in [3.63, 3.8) is 0 Å². The van der Waals surface area contributed by atoms with Crippen molar-refractivity contribution in [3.05, 3.63) is 43.7 Å². The van der Waals surface area contributed by atoms with Gasteiger partial charge >= 0.3 is 11.4 Å². The summed E-state index contributed by atoms with van der Waals surface area (Å²) in [6.45, 7) is 3.01. The lowest BCUT2D eigenvalue weighted by molar-refractivity contribution is -0.386. The summed E-state index contributed by atoms with van der Waals surface area (Å²) in [6.07, 6.45) is 0. The molecule has 20 heavy (non-hydrogen) atoms. The number of nitro groups is 2. The molecular formula is C10H10N6O4. The van der Waals surface area contributed by atoms with Crippen LogP contribution >= 0.6 is 0 Å². The van der Waals surface area contributed by atoms with E-state index in [-0.39, 0.29) is 34.4 Å². The number of anilines is 1. The van der Waals surface area contributed by atoms with Gasteiger partial charge in [-0.05, 0) is 19.9 Å². The molecule has 0 saturated heterocycles. The van der Waals surface area contributed by atoms with E-state index < -0.39 is 9.85 Å². The smallest absolute Gasteiger partial charge is 0.313 e. The van der Waals surface area contributed by atoms with Gasteiger partial charge in [0.2, 0.25) is 5.82 Å². The second-order valence-electron chi connectivity index (χ2n) is 4.02. The lowest BCUT2D eigenvalue weighted by Gasteiger charge is -2.03. The summed E-state index contributed by atoms with van der Waals surface area (Å²) in [6, 6.07) is 2.51. The highest BCUT2D eigenvalue weighted by atomic mass is 16.6. The summed E-state index contributed by atoms with van der Waals surface area (Å²) < 4.78 is 1.23. The summed E-state index contributed by atoms with van der Waals surface area (Å²) >= 11 is 0. The zero-order valence-corrected chi connectivity index (χ0v) is 10.6. The maximum atomic E-state index is 10.9. The van der Waals surface area contributed by atoms with Crippen LogP contribution in [0.15, 0.2) is 12.1 Å². The Labute approximate surface area is 112 Å². The normalized spacial score (nSPS) is 10.5. The molecule has 0 aliphatic carbocycles. The average Bonchev–Trinajstić information content (AvgIpc) is 2.64. The molecule has 0 aliphatic rings. The molecular weight excluding hydrogens is 268 g/mol. The van der Waals surface area contributed by atoms with Crippen LogP contribution in [0.1, 0.15) is 11.4 Å². The van der Waals surface area contributed by atoms with Gasteiger partial charge in [-0.25, -0.2) is 9.67 Å². The highest BCUT2D eigenvalue weighted by molar-refractivity contribution is 5.55. The van der Waals surface area contributed by atoms with E-state index in [9.17, 15) is 20.2 Å². The molecule has 0 aromatic carbocycles. The maximum absolute atomic E-state index is 10.9. The molecule has 2 N–H and O–H groups in total. The second kappa shape index (κ2) is 4.57. The van der Waals surface area contributed by atoms with Crippen LogP contribution < -0.4 is 5.73 Å². The van der Waals surface area contributed by atoms with Crippen molar-refractivity contribution in [3.8, 4) is 5.82 Å². The Morgan fingerprint density at radius 2 is 1.85 bits per heavy atom. The van der Waals surface area contributed by atoms with Crippen molar-refractivity contribution in [2.45, 2.75) is 13.8 Å². The number of hydrogen-bond acceptors (Lipinski definition) is 7. The molecule has 0 unspecified atom stereocenters. The SMILES string of the molecule is Cc1nn(-c2ccc([N+](=O)[O-])c(N)n2)c(C)c1[N+](=O)[O-]. The summed E-state index contributed by atoms with van der Waals surface area (Å²) in [5.74, 6) is -0.0930. The number of aryl methyl sites for hydroxylation is 1. The van der Waals surface area contributed by atoms with E-state index in [1.165, 1.54) is 30.7 Å². The van der Waals surface area contributed by atoms with Gasteiger partial charge in [-0.1, -0.05) is 0 Å². The Morgan fingerprint density at radius 3 is 2.30 bits per heavy atom. The quantitative estimate of drug-likeness (QED) is 0.657. The van der Waals surface area contributed by atoms with Gasteiger partial charge in [0.1, 0.15) is 11.4 Å². The van der Waals surface area contributed by atoms with Crippen LogP contribution in [0.5, 0.6) is 0 Å². The van der Waals surface area contributed by atoms with Gasteiger partial charge in [0.15, 0.2) is 5.82 Å². The highest BCUT2D eigenvalue weighted by Gasteiger charge is 2.24. The molecule has 2 heterocycles. The number of nitrogens with two attached hydrogens (primary N) is 1. The Morgan fingerprint density at radius 1 is 1.20 bits per heavy atom. The minimum absolute atomic E-state index is 0.122. The molecule has 0 atom stereocenters. The van der Waals surface area contributed by atoms with Crippen molar-refractivity contribution < 1.29 is 9.85 Å². The molecule has 10 nitrogen and oxygen atoms in total. The van der Waals surface area contributed by atoms with Crippen molar-refractivity contribution in [2.24, 2.45) is 0 Å². The Kier molecular flexibility index (Phi) is 3.06. The van der Waals surface area contributed by atoms with Crippen molar-refractivity contribution in [1.29, 1.82) is 0 Å². The van der Waals surface area contributed by atoms with Gasteiger partial charge in [0.25, 0.3) is 0 Å². The van der Waals surface area contributed by atoms with Crippen LogP contribution in [0.2, 0.25) is 0 Å². The summed E-state index contributed by atoms with van der Waals surface area (Å²) in [4.78, 5) is 24.2. The van der Waals surface area contributed by atoms with Crippen LogP contribution in [-0.4, -0.2) is 24.6 Å². The van der Waals surface area contributed by atoms with Gasteiger partial charge in [-0.15, -0.1) is 0 Å². The third-order valence-electron chi connectivity index (χ3n) is 2.74. The maximum Gasteiger partial charge on any atom is 0.313 e. The second-order valence-corrected chi connectivity index (χ2v) is 4.02. The largest absolute Gasteiger partial charge is 0.378 e. The van der Waals surface area contributed by atoms with E-state index in [1.807, 2.05) is 0 Å². The Balaban J connectivity index is 2.58. The van der Waals surface area contributed by atoms with Crippen LogP contribution in [0.25, 0.3) is 5.82 Å². The fraction of sp³-hybridized carbons (Fsp3) is 0.200. The van der Waals surface area contributed by atoms with Gasteiger partial charge in [-0.2, -0.15) is 5.10 Å². The molecule has 0 fully saturated rings. The Hall–Kier alpha value is -3.04. The highest BCUT2D eigenvalue weighted by Crippen LogP contribution is 2.26. The van der Waals surface area contributed by atoms with Crippen molar-refractivity contribution in [1.82, 2.24) is 14.8 Å². The predicted molar refractivity (Wildman–Crippen MR) is 68.6 cm³/mol. The molecule has 2 rings (SSSR count). The number of pyridine rings is 1. The van der Waals surface area contributed by atoms with Gasteiger partial charge < -0.3 is 5.73 Å². The summed E-state index contributed by atoms with van der Waals surface area (Å²) in [5.41, 5.74) is 5.54. The predicted octanol–water partition coefficient (Wildman–Crippen LogP) is 1.28.